The van der Waals surface area contributed by atoms with Gasteiger partial charge in [0.1, 0.15) is 0 Å². The molecule has 0 saturated carbocycles. The maximum atomic E-state index is 5.53. The van der Waals surface area contributed by atoms with Crippen LogP contribution in [0.4, 0.5) is 5.69 Å². The van der Waals surface area contributed by atoms with Crippen LogP contribution in [-0.4, -0.2) is 5.71 Å². The van der Waals surface area contributed by atoms with Gasteiger partial charge in [0.15, 0.2) is 0 Å². The summed E-state index contributed by atoms with van der Waals surface area (Å²) in [4.78, 5) is 4.42. The largest absolute Gasteiger partial charge is 0.326 e. The first-order chi connectivity index (χ1) is 6.79. The zero-order chi connectivity index (χ0) is 10.6. The molecule has 2 nitrogen and oxygen atoms in total. The van der Waals surface area contributed by atoms with E-state index in [9.17, 15) is 0 Å². The highest BCUT2D eigenvalue weighted by Gasteiger charge is 2.10. The van der Waals surface area contributed by atoms with Gasteiger partial charge in [0.25, 0.3) is 0 Å². The number of hydrogen-bond donors (Lipinski definition) is 1. The monoisotopic (exact) mass is 190 g/mol. The van der Waals surface area contributed by atoms with Gasteiger partial charge in [-0.2, -0.15) is 0 Å². The van der Waals surface area contributed by atoms with Crippen LogP contribution >= 0.6 is 0 Å². The average Bonchev–Trinajstić information content (AvgIpc) is 2.59. The molecule has 1 aromatic rings. The van der Waals surface area contributed by atoms with E-state index in [0.717, 1.165) is 17.7 Å². The minimum Gasteiger partial charge on any atom is -0.326 e. The normalized spacial score (nSPS) is 12.7. The fourth-order valence-electron chi connectivity index (χ4n) is 1.51. The van der Waals surface area contributed by atoms with E-state index in [0.29, 0.717) is 6.54 Å². The van der Waals surface area contributed by atoms with Gasteiger partial charge in [-0.3, -0.25) is 4.99 Å². The van der Waals surface area contributed by atoms with E-state index in [-0.39, 0.29) is 0 Å². The lowest BCUT2D eigenvalue weighted by Gasteiger charge is -1.99. The second-order valence-electron chi connectivity index (χ2n) is 3.19. The summed E-state index contributed by atoms with van der Waals surface area (Å²) in [5.41, 5.74) is 10.3. The highest BCUT2D eigenvalue weighted by Crippen LogP contribution is 2.27. The van der Waals surface area contributed by atoms with Crippen molar-refractivity contribution in [3.63, 3.8) is 0 Å². The number of aliphatic imine (C=N–C) groups is 1. The van der Waals surface area contributed by atoms with E-state index in [1.54, 1.807) is 0 Å². The van der Waals surface area contributed by atoms with Crippen LogP contribution in [0, 0.1) is 0 Å². The predicted octanol–water partition coefficient (Wildman–Crippen LogP) is 2.82. The van der Waals surface area contributed by atoms with Crippen molar-refractivity contribution in [3.05, 3.63) is 29.3 Å². The van der Waals surface area contributed by atoms with Gasteiger partial charge in [0.2, 0.25) is 0 Å². The van der Waals surface area contributed by atoms with Crippen LogP contribution in [0.25, 0.3) is 0 Å². The molecule has 0 atom stereocenters. The van der Waals surface area contributed by atoms with Crippen molar-refractivity contribution in [1.82, 2.24) is 0 Å². The van der Waals surface area contributed by atoms with E-state index < -0.39 is 0 Å². The molecule has 1 aromatic carbocycles. The Kier molecular flexibility index (Phi) is 3.84. The van der Waals surface area contributed by atoms with E-state index in [2.05, 4.69) is 30.1 Å². The molecule has 1 aliphatic rings. The van der Waals surface area contributed by atoms with Crippen molar-refractivity contribution in [1.29, 1.82) is 0 Å². The van der Waals surface area contributed by atoms with Gasteiger partial charge in [-0.1, -0.05) is 26.0 Å². The zero-order valence-electron chi connectivity index (χ0n) is 9.17. The summed E-state index contributed by atoms with van der Waals surface area (Å²) in [6.45, 7) is 6.66. The summed E-state index contributed by atoms with van der Waals surface area (Å²) in [5, 5.41) is 0. The van der Waals surface area contributed by atoms with Gasteiger partial charge < -0.3 is 5.73 Å². The molecule has 0 fully saturated rings. The van der Waals surface area contributed by atoms with Crippen LogP contribution in [0.2, 0.25) is 0 Å². The molecule has 0 saturated heterocycles. The van der Waals surface area contributed by atoms with Crippen LogP contribution in [0.15, 0.2) is 23.2 Å². The molecule has 0 radical (unpaired) electrons. The van der Waals surface area contributed by atoms with Gasteiger partial charge in [-0.05, 0) is 24.1 Å². The number of rotatable bonds is 1. The van der Waals surface area contributed by atoms with Gasteiger partial charge >= 0.3 is 0 Å². The van der Waals surface area contributed by atoms with Gasteiger partial charge in [-0.15, -0.1) is 0 Å². The summed E-state index contributed by atoms with van der Waals surface area (Å²) >= 11 is 0. The molecule has 0 amide bonds. The summed E-state index contributed by atoms with van der Waals surface area (Å²) < 4.78 is 0. The summed E-state index contributed by atoms with van der Waals surface area (Å²) in [5.74, 6) is 0. The average molecular weight is 190 g/mol. The summed E-state index contributed by atoms with van der Waals surface area (Å²) in [6.07, 6.45) is 1.00. The van der Waals surface area contributed by atoms with Crippen LogP contribution in [0.5, 0.6) is 0 Å². The molecule has 1 heterocycles. The Bertz CT molecular complexity index is 340. The van der Waals surface area contributed by atoms with E-state index in [4.69, 9.17) is 5.73 Å². The van der Waals surface area contributed by atoms with Crippen LogP contribution < -0.4 is 5.73 Å². The third kappa shape index (κ3) is 2.20. The standard InChI is InChI=1S/C10H12N2.C2H6/c1-7-4-9-3-2-8(6-11)5-10(9)12-7;1-2/h2-3,5H,4,6,11H2,1H3;1-2H3. The molecule has 76 valence electrons. The van der Waals surface area contributed by atoms with Gasteiger partial charge in [0, 0.05) is 18.7 Å². The fourth-order valence-corrected chi connectivity index (χ4v) is 1.51. The number of benzene rings is 1. The Morgan fingerprint density at radius 2 is 2.07 bits per heavy atom. The molecule has 2 heteroatoms. The Morgan fingerprint density at radius 3 is 2.71 bits per heavy atom. The topological polar surface area (TPSA) is 38.4 Å². The molecule has 0 bridgehead atoms. The number of fused-ring (bicyclic) bond motifs is 1. The highest BCUT2D eigenvalue weighted by molar-refractivity contribution is 5.92. The Hall–Kier alpha value is -1.15. The van der Waals surface area contributed by atoms with Crippen LogP contribution in [0.1, 0.15) is 31.9 Å². The Labute approximate surface area is 85.9 Å². The highest BCUT2D eigenvalue weighted by atomic mass is 14.8. The first-order valence-electron chi connectivity index (χ1n) is 5.15. The minimum atomic E-state index is 0.599. The molecule has 0 spiro atoms. The molecule has 0 unspecified atom stereocenters. The third-order valence-electron chi connectivity index (χ3n) is 2.14. The first-order valence-corrected chi connectivity index (χ1v) is 5.15. The van der Waals surface area contributed by atoms with Crippen molar-refractivity contribution >= 4 is 11.4 Å². The smallest absolute Gasteiger partial charge is 0.0668 e. The number of hydrogen-bond acceptors (Lipinski definition) is 2. The molecule has 1 aliphatic heterocycles. The molecular formula is C12H18N2. The molecule has 14 heavy (non-hydrogen) atoms. The maximum absolute atomic E-state index is 5.53. The molecule has 2 rings (SSSR count). The van der Waals surface area contributed by atoms with Gasteiger partial charge in [-0.25, -0.2) is 0 Å². The third-order valence-corrected chi connectivity index (χ3v) is 2.14. The fraction of sp³-hybridized carbons (Fsp3) is 0.417. The SMILES string of the molecule is CC.CC1=Nc2cc(CN)ccc2C1. The van der Waals surface area contributed by atoms with Crippen LogP contribution in [0.3, 0.4) is 0 Å². The van der Waals surface area contributed by atoms with E-state index >= 15 is 0 Å². The lowest BCUT2D eigenvalue weighted by molar-refractivity contribution is 1.07. The molecule has 0 aliphatic carbocycles. The van der Waals surface area contributed by atoms with Crippen molar-refractivity contribution in [2.75, 3.05) is 0 Å². The van der Waals surface area contributed by atoms with Gasteiger partial charge in [0.05, 0.1) is 5.69 Å². The Morgan fingerprint density at radius 1 is 1.36 bits per heavy atom. The molecule has 2 N–H and O–H groups in total. The van der Waals surface area contributed by atoms with Crippen molar-refractivity contribution in [2.45, 2.75) is 33.7 Å². The second-order valence-corrected chi connectivity index (χ2v) is 3.19. The predicted molar refractivity (Wildman–Crippen MR) is 62.2 cm³/mol. The Balaban J connectivity index is 0.000000461. The maximum Gasteiger partial charge on any atom is 0.0668 e. The van der Waals surface area contributed by atoms with E-state index in [1.165, 1.54) is 11.3 Å². The quantitative estimate of drug-likeness (QED) is 0.726. The second kappa shape index (κ2) is 4.91. The molecular weight excluding hydrogens is 172 g/mol. The lowest BCUT2D eigenvalue weighted by atomic mass is 10.1. The van der Waals surface area contributed by atoms with Crippen LogP contribution in [-0.2, 0) is 13.0 Å². The number of nitrogens with two attached hydrogens (primary N) is 1. The van der Waals surface area contributed by atoms with Crippen molar-refractivity contribution in [2.24, 2.45) is 10.7 Å². The zero-order valence-corrected chi connectivity index (χ0v) is 9.17. The van der Waals surface area contributed by atoms with Crippen molar-refractivity contribution in [3.8, 4) is 0 Å². The number of nitrogens with zero attached hydrogens (tertiary/aromatic N) is 1. The molecule has 0 aromatic heterocycles. The minimum absolute atomic E-state index is 0.599. The first kappa shape index (κ1) is 10.9. The summed E-state index contributed by atoms with van der Waals surface area (Å²) in [7, 11) is 0. The lowest BCUT2D eigenvalue weighted by Crippen LogP contribution is -1.95. The van der Waals surface area contributed by atoms with E-state index in [1.807, 2.05) is 13.8 Å². The van der Waals surface area contributed by atoms with Crippen molar-refractivity contribution < 1.29 is 0 Å². The summed E-state index contributed by atoms with van der Waals surface area (Å²) in [6, 6.07) is 6.27.